The molecule has 0 aromatic heterocycles. The summed E-state index contributed by atoms with van der Waals surface area (Å²) in [6.45, 7) is 2.86. The molecule has 0 fully saturated rings. The van der Waals surface area contributed by atoms with Crippen LogP contribution in [0.5, 0.6) is 0 Å². The second-order valence-electron chi connectivity index (χ2n) is 2.37. The molecule has 0 spiro atoms. The van der Waals surface area contributed by atoms with Gasteiger partial charge < -0.3 is 5.32 Å². The third-order valence-corrected chi connectivity index (χ3v) is 1.56. The summed E-state index contributed by atoms with van der Waals surface area (Å²) in [4.78, 5) is 10.8. The molecule has 4 heteroatoms. The van der Waals surface area contributed by atoms with Gasteiger partial charge in [0.15, 0.2) is 5.83 Å². The number of hydrogen-bond donors (Lipinski definition) is 1. The minimum Gasteiger partial charge on any atom is -0.320 e. The van der Waals surface area contributed by atoms with Gasteiger partial charge in [-0.1, -0.05) is 24.2 Å². The predicted octanol–water partition coefficient (Wildman–Crippen LogP) is 2.76. The van der Waals surface area contributed by atoms with Gasteiger partial charge in [-0.15, -0.1) is 0 Å². The number of amides is 1. The normalized spacial score (nSPS) is 9.38. The zero-order chi connectivity index (χ0) is 9.84. The van der Waals surface area contributed by atoms with E-state index in [4.69, 9.17) is 11.6 Å². The maximum Gasteiger partial charge on any atom is 0.283 e. The first-order chi connectivity index (χ1) is 6.09. The molecule has 1 amide bonds. The fourth-order valence-electron chi connectivity index (χ4n) is 0.765. The van der Waals surface area contributed by atoms with Crippen LogP contribution in [-0.2, 0) is 4.79 Å². The van der Waals surface area contributed by atoms with Gasteiger partial charge in [0, 0.05) is 10.7 Å². The number of anilines is 1. The quantitative estimate of drug-likeness (QED) is 0.730. The molecular weight excluding hydrogens is 193 g/mol. The van der Waals surface area contributed by atoms with Gasteiger partial charge in [-0.3, -0.25) is 4.79 Å². The van der Waals surface area contributed by atoms with Crippen molar-refractivity contribution in [3.63, 3.8) is 0 Å². The molecule has 0 atom stereocenters. The van der Waals surface area contributed by atoms with E-state index in [0.29, 0.717) is 10.7 Å². The first-order valence-electron chi connectivity index (χ1n) is 3.51. The molecule has 68 valence electrons. The molecule has 1 aromatic rings. The maximum absolute atomic E-state index is 12.2. The smallest absolute Gasteiger partial charge is 0.283 e. The average molecular weight is 200 g/mol. The number of rotatable bonds is 2. The lowest BCUT2D eigenvalue weighted by Crippen LogP contribution is -2.10. The largest absolute Gasteiger partial charge is 0.320 e. The molecule has 0 saturated carbocycles. The summed E-state index contributed by atoms with van der Waals surface area (Å²) in [6.07, 6.45) is 0. The van der Waals surface area contributed by atoms with Crippen LogP contribution in [0.25, 0.3) is 0 Å². The highest BCUT2D eigenvalue weighted by Crippen LogP contribution is 2.15. The van der Waals surface area contributed by atoms with Crippen LogP contribution in [0.15, 0.2) is 36.7 Å². The Labute approximate surface area is 80.0 Å². The molecule has 0 heterocycles. The summed E-state index contributed by atoms with van der Waals surface area (Å²) in [5, 5.41) is 2.76. The van der Waals surface area contributed by atoms with Crippen molar-refractivity contribution in [2.75, 3.05) is 5.32 Å². The van der Waals surface area contributed by atoms with Crippen molar-refractivity contribution in [1.29, 1.82) is 0 Å². The monoisotopic (exact) mass is 199 g/mol. The van der Waals surface area contributed by atoms with Crippen molar-refractivity contribution in [3.8, 4) is 0 Å². The number of carbonyl (C=O) groups is 1. The van der Waals surface area contributed by atoms with E-state index in [9.17, 15) is 9.18 Å². The second-order valence-corrected chi connectivity index (χ2v) is 2.81. The van der Waals surface area contributed by atoms with Gasteiger partial charge in [0.25, 0.3) is 5.91 Å². The van der Waals surface area contributed by atoms with Gasteiger partial charge in [-0.2, -0.15) is 0 Å². The van der Waals surface area contributed by atoms with Crippen molar-refractivity contribution in [1.82, 2.24) is 0 Å². The Morgan fingerprint density at radius 1 is 1.54 bits per heavy atom. The van der Waals surface area contributed by atoms with Gasteiger partial charge in [-0.25, -0.2) is 4.39 Å². The molecule has 1 rings (SSSR count). The Morgan fingerprint density at radius 3 is 2.77 bits per heavy atom. The number of benzene rings is 1. The Bertz CT molecular complexity index is 351. The van der Waals surface area contributed by atoms with Crippen LogP contribution >= 0.6 is 11.6 Å². The number of nitrogens with one attached hydrogen (secondary N) is 1. The summed E-state index contributed by atoms with van der Waals surface area (Å²) < 4.78 is 12.2. The molecule has 0 radical (unpaired) electrons. The minimum atomic E-state index is -1.03. The standard InChI is InChI=1S/C9H7ClFNO/c1-6(11)9(13)12-8-4-2-3-7(10)5-8/h2-5H,1H2,(H,12,13). The highest BCUT2D eigenvalue weighted by atomic mass is 35.5. The Morgan fingerprint density at radius 2 is 2.23 bits per heavy atom. The van der Waals surface area contributed by atoms with Gasteiger partial charge in [0.2, 0.25) is 0 Å². The minimum absolute atomic E-state index is 0.441. The van der Waals surface area contributed by atoms with Gasteiger partial charge in [0.1, 0.15) is 0 Å². The van der Waals surface area contributed by atoms with E-state index < -0.39 is 11.7 Å². The van der Waals surface area contributed by atoms with Crippen LogP contribution in [0.1, 0.15) is 0 Å². The zero-order valence-corrected chi connectivity index (χ0v) is 7.44. The molecule has 13 heavy (non-hydrogen) atoms. The van der Waals surface area contributed by atoms with Gasteiger partial charge >= 0.3 is 0 Å². The van der Waals surface area contributed by atoms with Crippen LogP contribution in [0.4, 0.5) is 10.1 Å². The van der Waals surface area contributed by atoms with E-state index in [2.05, 4.69) is 11.9 Å². The van der Waals surface area contributed by atoms with Crippen molar-refractivity contribution in [3.05, 3.63) is 41.7 Å². The van der Waals surface area contributed by atoms with Gasteiger partial charge in [0.05, 0.1) is 0 Å². The lowest BCUT2D eigenvalue weighted by atomic mass is 10.3. The molecular formula is C9H7ClFNO. The Kier molecular flexibility index (Phi) is 3.03. The zero-order valence-electron chi connectivity index (χ0n) is 6.68. The lowest BCUT2D eigenvalue weighted by Gasteiger charge is -2.02. The van der Waals surface area contributed by atoms with E-state index in [1.165, 1.54) is 6.07 Å². The first kappa shape index (κ1) is 9.74. The van der Waals surface area contributed by atoms with Crippen LogP contribution < -0.4 is 5.32 Å². The molecule has 1 N–H and O–H groups in total. The molecule has 0 saturated heterocycles. The van der Waals surface area contributed by atoms with Crippen molar-refractivity contribution < 1.29 is 9.18 Å². The third-order valence-electron chi connectivity index (χ3n) is 1.33. The topological polar surface area (TPSA) is 29.1 Å². The van der Waals surface area contributed by atoms with E-state index in [1.54, 1.807) is 18.2 Å². The number of carbonyl (C=O) groups excluding carboxylic acids is 1. The maximum atomic E-state index is 12.2. The molecule has 0 aliphatic rings. The van der Waals surface area contributed by atoms with Crippen molar-refractivity contribution in [2.45, 2.75) is 0 Å². The van der Waals surface area contributed by atoms with E-state index in [-0.39, 0.29) is 0 Å². The predicted molar refractivity (Wildman–Crippen MR) is 50.3 cm³/mol. The second kappa shape index (κ2) is 4.05. The fraction of sp³-hybridized carbons (Fsp3) is 0. The number of hydrogen-bond acceptors (Lipinski definition) is 1. The number of halogens is 2. The fourth-order valence-corrected chi connectivity index (χ4v) is 0.955. The van der Waals surface area contributed by atoms with E-state index >= 15 is 0 Å². The summed E-state index contributed by atoms with van der Waals surface area (Å²) in [6, 6.07) is 6.43. The summed E-state index contributed by atoms with van der Waals surface area (Å²) in [5.74, 6) is -1.89. The highest BCUT2D eigenvalue weighted by molar-refractivity contribution is 6.30. The average Bonchev–Trinajstić information content (AvgIpc) is 2.04. The van der Waals surface area contributed by atoms with Crippen LogP contribution in [0, 0.1) is 0 Å². The molecule has 0 unspecified atom stereocenters. The van der Waals surface area contributed by atoms with Gasteiger partial charge in [-0.05, 0) is 18.2 Å². The molecule has 0 bridgehead atoms. The van der Waals surface area contributed by atoms with E-state index in [1.807, 2.05) is 0 Å². The Hall–Kier alpha value is -1.35. The van der Waals surface area contributed by atoms with Crippen LogP contribution in [-0.4, -0.2) is 5.91 Å². The van der Waals surface area contributed by atoms with Crippen molar-refractivity contribution >= 4 is 23.2 Å². The lowest BCUT2D eigenvalue weighted by molar-refractivity contribution is -0.114. The Balaban J connectivity index is 2.75. The third kappa shape index (κ3) is 2.87. The summed E-state index contributed by atoms with van der Waals surface area (Å²) >= 11 is 5.64. The van der Waals surface area contributed by atoms with E-state index in [0.717, 1.165) is 0 Å². The van der Waals surface area contributed by atoms with Crippen LogP contribution in [0.2, 0.25) is 5.02 Å². The molecule has 1 aromatic carbocycles. The van der Waals surface area contributed by atoms with Crippen molar-refractivity contribution in [2.24, 2.45) is 0 Å². The van der Waals surface area contributed by atoms with Crippen LogP contribution in [0.3, 0.4) is 0 Å². The molecule has 0 aliphatic carbocycles. The highest BCUT2D eigenvalue weighted by Gasteiger charge is 2.05. The molecule has 2 nitrogen and oxygen atoms in total. The summed E-state index contributed by atoms with van der Waals surface area (Å²) in [5.41, 5.74) is 0.441. The summed E-state index contributed by atoms with van der Waals surface area (Å²) in [7, 11) is 0. The molecule has 0 aliphatic heterocycles. The first-order valence-corrected chi connectivity index (χ1v) is 3.88. The SMILES string of the molecule is C=C(F)C(=O)Nc1cccc(Cl)c1.